The minimum Gasteiger partial charge on any atom is -0.466 e. The van der Waals surface area contributed by atoms with Gasteiger partial charge in [0.1, 0.15) is 18.3 Å². The molecule has 302 valence electrons. The van der Waals surface area contributed by atoms with Gasteiger partial charge in [0.15, 0.2) is 0 Å². The van der Waals surface area contributed by atoms with E-state index in [1.54, 1.807) is 0 Å². The molecule has 0 aliphatic heterocycles. The summed E-state index contributed by atoms with van der Waals surface area (Å²) in [5.41, 5.74) is 16.4. The normalized spacial score (nSPS) is 37.3. The Morgan fingerprint density at radius 1 is 0.717 bits per heavy atom. The zero-order chi connectivity index (χ0) is 38.4. The van der Waals surface area contributed by atoms with E-state index in [1.165, 1.54) is 25.7 Å². The molecule has 53 heavy (non-hydrogen) atoms. The summed E-state index contributed by atoms with van der Waals surface area (Å²) in [6, 6.07) is 0. The van der Waals surface area contributed by atoms with Gasteiger partial charge in [-0.05, 0) is 98.7 Å². The number of hydrogen-bond acceptors (Lipinski definition) is 11. The molecule has 11 atom stereocenters. The summed E-state index contributed by atoms with van der Waals surface area (Å²) in [4.78, 5) is 52.0. The third-order valence-electron chi connectivity index (χ3n) is 15.3. The third-order valence-corrected chi connectivity index (χ3v) is 15.3. The van der Waals surface area contributed by atoms with Crippen molar-refractivity contribution in [2.24, 2.45) is 62.5 Å². The van der Waals surface area contributed by atoms with Crippen LogP contribution >= 0.6 is 0 Å². The van der Waals surface area contributed by atoms with Gasteiger partial charge in [0, 0.05) is 36.9 Å². The summed E-state index contributed by atoms with van der Waals surface area (Å²) >= 11 is 0. The monoisotopic (exact) mass is 746 g/mol. The van der Waals surface area contributed by atoms with Gasteiger partial charge in [0.2, 0.25) is 0 Å². The van der Waals surface area contributed by atoms with Crippen LogP contribution in [-0.4, -0.2) is 68.4 Å². The van der Waals surface area contributed by atoms with Crippen LogP contribution in [0.5, 0.6) is 0 Å². The molecule has 0 saturated heterocycles. The van der Waals surface area contributed by atoms with Crippen LogP contribution in [0.4, 0.5) is 0 Å². The number of esters is 4. The molecule has 5 rings (SSSR count). The molecule has 6 N–H and O–H groups in total. The highest BCUT2D eigenvalue weighted by atomic mass is 16.6. The number of ether oxygens (including phenoxy) is 4. The van der Waals surface area contributed by atoms with Crippen LogP contribution in [0, 0.1) is 45.3 Å². The third kappa shape index (κ3) is 8.05. The number of carbonyl (C=O) groups excluding carboxylic acids is 4. The number of fused-ring (bicyclic) bond motifs is 2. The predicted octanol–water partition coefficient (Wildman–Crippen LogP) is 6.11. The molecular formula is C42H71N3O8. The van der Waals surface area contributed by atoms with Crippen LogP contribution in [0.2, 0.25) is 0 Å². The highest BCUT2D eigenvalue weighted by Gasteiger charge is 2.89. The van der Waals surface area contributed by atoms with Crippen molar-refractivity contribution in [3.63, 3.8) is 0 Å². The fraction of sp³-hybridized carbons (Fsp3) is 0.905. The molecule has 0 radical (unpaired) electrons. The van der Waals surface area contributed by atoms with Crippen LogP contribution in [0.25, 0.3) is 0 Å². The number of unbranched alkanes of at least 4 members (excludes halogenated alkanes) is 5. The highest BCUT2D eigenvalue weighted by Crippen LogP contribution is 2.91. The molecular weight excluding hydrogens is 674 g/mol. The topological polar surface area (TPSA) is 183 Å². The molecule has 11 heteroatoms. The first-order valence-electron chi connectivity index (χ1n) is 21.2. The van der Waals surface area contributed by atoms with Gasteiger partial charge in [-0.2, -0.15) is 0 Å². The molecule has 11 unspecified atom stereocenters. The Kier molecular flexibility index (Phi) is 14.0. The lowest BCUT2D eigenvalue weighted by Crippen LogP contribution is -2.63. The van der Waals surface area contributed by atoms with Gasteiger partial charge >= 0.3 is 23.9 Å². The summed E-state index contributed by atoms with van der Waals surface area (Å²) in [5, 5.41) is 0. The summed E-state index contributed by atoms with van der Waals surface area (Å²) in [5.74, 6) is -0.195. The van der Waals surface area contributed by atoms with E-state index in [2.05, 4.69) is 27.7 Å². The Bertz CT molecular complexity index is 1300. The zero-order valence-corrected chi connectivity index (χ0v) is 33.3. The van der Waals surface area contributed by atoms with Gasteiger partial charge in [-0.15, -0.1) is 0 Å². The molecule has 5 aliphatic rings. The second-order valence-corrected chi connectivity index (χ2v) is 17.9. The number of nitrogens with two attached hydrogens (primary N) is 3. The first kappa shape index (κ1) is 41.9. The van der Waals surface area contributed by atoms with Crippen LogP contribution in [0.3, 0.4) is 0 Å². The number of rotatable bonds is 20. The maximum atomic E-state index is 13.3. The van der Waals surface area contributed by atoms with Gasteiger partial charge in [0.05, 0.1) is 25.9 Å². The first-order valence-corrected chi connectivity index (χ1v) is 21.2. The summed E-state index contributed by atoms with van der Waals surface area (Å²) in [6.07, 6.45) is 14.3. The van der Waals surface area contributed by atoms with E-state index in [-0.39, 0.29) is 126 Å². The van der Waals surface area contributed by atoms with E-state index in [0.29, 0.717) is 38.7 Å². The molecule has 2 spiro atoms. The van der Waals surface area contributed by atoms with Gasteiger partial charge in [0.25, 0.3) is 0 Å². The van der Waals surface area contributed by atoms with Crippen molar-refractivity contribution in [2.75, 3.05) is 26.2 Å². The van der Waals surface area contributed by atoms with Gasteiger partial charge in [-0.3, -0.25) is 19.2 Å². The van der Waals surface area contributed by atoms with Gasteiger partial charge in [-0.1, -0.05) is 59.8 Å². The molecule has 0 aromatic rings. The van der Waals surface area contributed by atoms with Crippen LogP contribution in [-0.2, 0) is 38.1 Å². The Balaban J connectivity index is 1.39. The van der Waals surface area contributed by atoms with E-state index in [0.717, 1.165) is 44.9 Å². The van der Waals surface area contributed by atoms with E-state index in [1.807, 2.05) is 0 Å². The van der Waals surface area contributed by atoms with Crippen LogP contribution in [0.1, 0.15) is 150 Å². The summed E-state index contributed by atoms with van der Waals surface area (Å²) in [6.45, 7) is 10.4. The lowest BCUT2D eigenvalue weighted by molar-refractivity contribution is -0.226. The van der Waals surface area contributed by atoms with Crippen molar-refractivity contribution in [1.82, 2.24) is 0 Å². The lowest BCUT2D eigenvalue weighted by atomic mass is 9.43. The first-order chi connectivity index (χ1) is 25.4. The van der Waals surface area contributed by atoms with Gasteiger partial charge in [-0.25, -0.2) is 0 Å². The standard InChI is InChI=1S/C42H71N3O8/c1-5-6-7-8-9-10-23-50-35(46)12-11-28(2)31-14-19-41-27-42(41)32(26-33(40(31,41)4)52-37(48)16-21-44)39(3)18-13-30(51-36(47)15-20-43)24-29(39)25-34(42)53-38(49)17-22-45/h28-34H,5-27,43-45H2,1-4H3. The zero-order valence-electron chi connectivity index (χ0n) is 33.3. The Morgan fingerprint density at radius 2 is 1.34 bits per heavy atom. The molecule has 5 aliphatic carbocycles. The molecule has 5 saturated carbocycles. The Morgan fingerprint density at radius 3 is 2.00 bits per heavy atom. The maximum absolute atomic E-state index is 13.3. The van der Waals surface area contributed by atoms with Crippen molar-refractivity contribution < 1.29 is 38.1 Å². The smallest absolute Gasteiger partial charge is 0.307 e. The second-order valence-electron chi connectivity index (χ2n) is 17.9. The Labute approximate surface area is 318 Å². The highest BCUT2D eigenvalue weighted by molar-refractivity contribution is 5.71. The SMILES string of the molecule is CCCCCCCCOC(=O)CCC(C)C1CCC23CC24C(OC(=O)CCN)CC2CC(OC(=O)CCN)CCC2(C)C4CC(OC(=O)CCN)C13C. The fourth-order valence-electron chi connectivity index (χ4n) is 12.7. The van der Waals surface area contributed by atoms with Gasteiger partial charge < -0.3 is 36.1 Å². The second kappa shape index (κ2) is 17.7. The van der Waals surface area contributed by atoms with Crippen molar-refractivity contribution in [3.05, 3.63) is 0 Å². The van der Waals surface area contributed by atoms with Crippen molar-refractivity contribution in [3.8, 4) is 0 Å². The number of hydrogen-bond donors (Lipinski definition) is 3. The largest absolute Gasteiger partial charge is 0.466 e. The molecule has 0 aromatic carbocycles. The fourth-order valence-corrected chi connectivity index (χ4v) is 12.7. The average Bonchev–Trinajstić information content (AvgIpc) is 3.70. The van der Waals surface area contributed by atoms with E-state index < -0.39 is 0 Å². The van der Waals surface area contributed by atoms with E-state index >= 15 is 0 Å². The molecule has 0 heterocycles. The van der Waals surface area contributed by atoms with E-state index in [4.69, 9.17) is 36.1 Å². The lowest BCUT2D eigenvalue weighted by Gasteiger charge is -2.64. The van der Waals surface area contributed by atoms with E-state index in [9.17, 15) is 19.2 Å². The maximum Gasteiger partial charge on any atom is 0.307 e. The minimum absolute atomic E-state index is 0.111. The van der Waals surface area contributed by atoms with Crippen LogP contribution in [0.15, 0.2) is 0 Å². The average molecular weight is 746 g/mol. The van der Waals surface area contributed by atoms with Crippen LogP contribution < -0.4 is 17.2 Å². The molecule has 0 bridgehead atoms. The molecule has 0 aromatic heterocycles. The summed E-state index contributed by atoms with van der Waals surface area (Å²) in [7, 11) is 0. The van der Waals surface area contributed by atoms with Crippen molar-refractivity contribution in [1.29, 1.82) is 0 Å². The quantitative estimate of drug-likeness (QED) is 0.0743. The molecule has 11 nitrogen and oxygen atoms in total. The molecule has 5 fully saturated rings. The predicted molar refractivity (Wildman–Crippen MR) is 202 cm³/mol. The molecule has 0 amide bonds. The summed E-state index contributed by atoms with van der Waals surface area (Å²) < 4.78 is 24.6. The van der Waals surface area contributed by atoms with Crippen molar-refractivity contribution in [2.45, 2.75) is 168 Å². The Hall–Kier alpha value is -2.24. The number of carbonyl (C=O) groups is 4. The van der Waals surface area contributed by atoms with Crippen molar-refractivity contribution >= 4 is 23.9 Å². The minimum atomic E-state index is -0.369.